The van der Waals surface area contributed by atoms with Gasteiger partial charge in [0.15, 0.2) is 0 Å². The second-order valence-corrected chi connectivity index (χ2v) is 12.5. The number of carbonyl (C=O) groups excluding carboxylic acids is 2. The van der Waals surface area contributed by atoms with Crippen molar-refractivity contribution in [3.05, 3.63) is 94.0 Å². The number of carbonyl (C=O) groups is 2. The highest BCUT2D eigenvalue weighted by Crippen LogP contribution is 2.29. The summed E-state index contributed by atoms with van der Waals surface area (Å²) in [5.41, 5.74) is 3.80. The van der Waals surface area contributed by atoms with Crippen LogP contribution in [0.4, 0.5) is 5.69 Å². The second-order valence-electron chi connectivity index (χ2n) is 10.3. The van der Waals surface area contributed by atoms with Crippen molar-refractivity contribution in [2.45, 2.75) is 71.5 Å². The zero-order valence-corrected chi connectivity index (χ0v) is 25.5. The zero-order valence-electron chi connectivity index (χ0n) is 23.9. The van der Waals surface area contributed by atoms with Gasteiger partial charge in [-0.15, -0.1) is 0 Å². The maximum absolute atomic E-state index is 14.0. The fourth-order valence-electron chi connectivity index (χ4n) is 4.16. The summed E-state index contributed by atoms with van der Waals surface area (Å²) >= 11 is 6.38. The van der Waals surface area contributed by atoms with E-state index in [0.717, 1.165) is 33.0 Å². The fourth-order valence-corrected chi connectivity index (χ4v) is 5.74. The first-order chi connectivity index (χ1) is 18.8. The van der Waals surface area contributed by atoms with Crippen molar-refractivity contribution in [1.82, 2.24) is 10.2 Å². The first-order valence-electron chi connectivity index (χ1n) is 13.3. The number of hydrogen-bond donors (Lipinski definition) is 1. The Morgan fingerprint density at radius 1 is 0.925 bits per heavy atom. The molecule has 0 aliphatic heterocycles. The highest BCUT2D eigenvalue weighted by atomic mass is 35.5. The topological polar surface area (TPSA) is 86.8 Å². The Kier molecular flexibility index (Phi) is 10.4. The van der Waals surface area contributed by atoms with E-state index < -0.39 is 28.5 Å². The quantitative estimate of drug-likeness (QED) is 0.309. The third-order valence-corrected chi connectivity index (χ3v) is 9.13. The lowest BCUT2D eigenvalue weighted by Crippen LogP contribution is -2.52. The predicted octanol–water partition coefficient (Wildman–Crippen LogP) is 5.79. The molecule has 214 valence electrons. The lowest BCUT2D eigenvalue weighted by atomic mass is 10.1. The second kappa shape index (κ2) is 13.3. The number of benzene rings is 3. The van der Waals surface area contributed by atoms with Gasteiger partial charge in [0.05, 0.1) is 10.6 Å². The number of anilines is 1. The van der Waals surface area contributed by atoms with Crippen molar-refractivity contribution in [3.63, 3.8) is 0 Å². The van der Waals surface area contributed by atoms with E-state index >= 15 is 0 Å². The maximum atomic E-state index is 14.0. The Morgan fingerprint density at radius 3 is 2.20 bits per heavy atom. The van der Waals surface area contributed by atoms with Crippen LogP contribution >= 0.6 is 11.6 Å². The van der Waals surface area contributed by atoms with Gasteiger partial charge in [-0.2, -0.15) is 0 Å². The van der Waals surface area contributed by atoms with Crippen LogP contribution in [0, 0.1) is 20.8 Å². The van der Waals surface area contributed by atoms with Crippen LogP contribution in [0.25, 0.3) is 0 Å². The van der Waals surface area contributed by atoms with Crippen molar-refractivity contribution in [2.75, 3.05) is 10.8 Å². The number of rotatable bonds is 11. The Morgan fingerprint density at radius 2 is 1.60 bits per heavy atom. The van der Waals surface area contributed by atoms with Gasteiger partial charge in [-0.1, -0.05) is 72.1 Å². The Hall–Kier alpha value is -3.36. The molecule has 0 bridgehead atoms. The van der Waals surface area contributed by atoms with Crippen molar-refractivity contribution in [2.24, 2.45) is 0 Å². The number of halogens is 1. The molecular weight excluding hydrogens is 546 g/mol. The Balaban J connectivity index is 2.05. The standard InChI is InChI=1S/C31H38ClN3O4S/c1-7-24(5)33-31(37)25(6)34(19-26-10-8-9-22(3)17-26)30(36)20-35(27-14-13-23(4)29(32)18-27)40(38,39)28-15-11-21(2)12-16-28/h8-18,24-25H,7,19-20H2,1-6H3,(H,33,37)/t24-,25-/m0/s1. The number of aryl methyl sites for hydroxylation is 3. The first-order valence-corrected chi connectivity index (χ1v) is 15.2. The number of sulfonamides is 1. The third-order valence-electron chi connectivity index (χ3n) is 6.93. The van der Waals surface area contributed by atoms with Gasteiger partial charge in [-0.05, 0) is 76.4 Å². The smallest absolute Gasteiger partial charge is 0.264 e. The molecule has 0 aliphatic carbocycles. The summed E-state index contributed by atoms with van der Waals surface area (Å²) in [4.78, 5) is 28.6. The molecule has 9 heteroatoms. The van der Waals surface area contributed by atoms with Gasteiger partial charge >= 0.3 is 0 Å². The molecular formula is C31H38ClN3O4S. The van der Waals surface area contributed by atoms with E-state index in [1.807, 2.05) is 58.9 Å². The average molecular weight is 584 g/mol. The van der Waals surface area contributed by atoms with Crippen LogP contribution in [0.3, 0.4) is 0 Å². The van der Waals surface area contributed by atoms with Crippen LogP contribution < -0.4 is 9.62 Å². The molecule has 2 amide bonds. The molecule has 3 aromatic rings. The molecule has 3 aromatic carbocycles. The number of hydrogen-bond acceptors (Lipinski definition) is 4. The molecule has 1 N–H and O–H groups in total. The summed E-state index contributed by atoms with van der Waals surface area (Å²) in [6.45, 7) is 10.8. The Labute approximate surface area is 243 Å². The minimum atomic E-state index is -4.15. The van der Waals surface area contributed by atoms with Gasteiger partial charge < -0.3 is 10.2 Å². The van der Waals surface area contributed by atoms with Crippen molar-refractivity contribution in [3.8, 4) is 0 Å². The van der Waals surface area contributed by atoms with Gasteiger partial charge in [-0.3, -0.25) is 13.9 Å². The lowest BCUT2D eigenvalue weighted by molar-refractivity contribution is -0.139. The van der Waals surface area contributed by atoms with Gasteiger partial charge in [0.2, 0.25) is 11.8 Å². The van der Waals surface area contributed by atoms with E-state index in [1.54, 1.807) is 37.3 Å². The van der Waals surface area contributed by atoms with Gasteiger partial charge in [-0.25, -0.2) is 8.42 Å². The summed E-state index contributed by atoms with van der Waals surface area (Å²) in [5, 5.41) is 3.32. The summed E-state index contributed by atoms with van der Waals surface area (Å²) in [5.74, 6) is -0.817. The van der Waals surface area contributed by atoms with E-state index in [0.29, 0.717) is 5.02 Å². The molecule has 0 aliphatic rings. The van der Waals surface area contributed by atoms with Gasteiger partial charge in [0, 0.05) is 17.6 Å². The minimum absolute atomic E-state index is 0.0513. The largest absolute Gasteiger partial charge is 0.352 e. The molecule has 0 saturated heterocycles. The monoisotopic (exact) mass is 583 g/mol. The predicted molar refractivity (Wildman–Crippen MR) is 161 cm³/mol. The number of amides is 2. The van der Waals surface area contributed by atoms with E-state index in [1.165, 1.54) is 17.0 Å². The van der Waals surface area contributed by atoms with Crippen LogP contribution in [-0.2, 0) is 26.2 Å². The Bertz CT molecular complexity index is 1460. The fraction of sp³-hybridized carbons (Fsp3) is 0.355. The average Bonchev–Trinajstić information content (AvgIpc) is 2.91. The van der Waals surface area contributed by atoms with Crippen molar-refractivity contribution < 1.29 is 18.0 Å². The van der Waals surface area contributed by atoms with E-state index in [-0.39, 0.29) is 29.1 Å². The lowest BCUT2D eigenvalue weighted by Gasteiger charge is -2.32. The summed E-state index contributed by atoms with van der Waals surface area (Å²) in [6, 6.07) is 18.1. The highest BCUT2D eigenvalue weighted by Gasteiger charge is 2.33. The zero-order chi connectivity index (χ0) is 29.6. The van der Waals surface area contributed by atoms with Gasteiger partial charge in [0.25, 0.3) is 10.0 Å². The van der Waals surface area contributed by atoms with Crippen LogP contribution in [0.2, 0.25) is 5.02 Å². The highest BCUT2D eigenvalue weighted by molar-refractivity contribution is 7.92. The molecule has 0 aromatic heterocycles. The molecule has 40 heavy (non-hydrogen) atoms. The molecule has 0 spiro atoms. The van der Waals surface area contributed by atoms with E-state index in [9.17, 15) is 18.0 Å². The summed E-state index contributed by atoms with van der Waals surface area (Å²) in [6.07, 6.45) is 0.737. The van der Waals surface area contributed by atoms with E-state index in [4.69, 9.17) is 11.6 Å². The van der Waals surface area contributed by atoms with Crippen LogP contribution in [-0.4, -0.2) is 43.8 Å². The normalized spacial score (nSPS) is 12.9. The SMILES string of the molecule is CC[C@H](C)NC(=O)[C@H](C)N(Cc1cccc(C)c1)C(=O)CN(c1ccc(C)c(Cl)c1)S(=O)(=O)c1ccc(C)cc1. The van der Waals surface area contributed by atoms with E-state index in [2.05, 4.69) is 5.32 Å². The van der Waals surface area contributed by atoms with Crippen LogP contribution in [0.15, 0.2) is 71.6 Å². The molecule has 0 unspecified atom stereocenters. The first kappa shape index (κ1) is 31.2. The molecule has 3 rings (SSSR count). The molecule has 0 radical (unpaired) electrons. The van der Waals surface area contributed by atoms with Crippen molar-refractivity contribution >= 4 is 39.1 Å². The number of nitrogens with one attached hydrogen (secondary N) is 1. The molecule has 0 heterocycles. The molecule has 7 nitrogen and oxygen atoms in total. The van der Waals surface area contributed by atoms with Crippen LogP contribution in [0.5, 0.6) is 0 Å². The molecule has 0 saturated carbocycles. The third kappa shape index (κ3) is 7.64. The molecule has 2 atom stereocenters. The maximum Gasteiger partial charge on any atom is 0.264 e. The van der Waals surface area contributed by atoms with Crippen molar-refractivity contribution in [1.29, 1.82) is 0 Å². The summed E-state index contributed by atoms with van der Waals surface area (Å²) < 4.78 is 28.9. The van der Waals surface area contributed by atoms with Gasteiger partial charge in [0.1, 0.15) is 12.6 Å². The minimum Gasteiger partial charge on any atom is -0.352 e. The molecule has 0 fully saturated rings. The number of nitrogens with zero attached hydrogens (tertiary/aromatic N) is 2. The van der Waals surface area contributed by atoms with Crippen LogP contribution in [0.1, 0.15) is 49.4 Å². The summed E-state index contributed by atoms with van der Waals surface area (Å²) in [7, 11) is -4.15.